The first-order valence-electron chi connectivity index (χ1n) is 5.36. The molecule has 0 spiro atoms. The van der Waals surface area contributed by atoms with Gasteiger partial charge in [-0.15, -0.1) is 0 Å². The first-order chi connectivity index (χ1) is 8.02. The third-order valence-electron chi connectivity index (χ3n) is 2.10. The van der Waals surface area contributed by atoms with Crippen LogP contribution in [0.15, 0.2) is 41.9 Å². The number of thioether (sulfide) groups is 1. The fourth-order valence-corrected chi connectivity index (χ4v) is 2.80. The van der Waals surface area contributed by atoms with Gasteiger partial charge in [-0.2, -0.15) is 0 Å². The van der Waals surface area contributed by atoms with Crippen LogP contribution < -0.4 is 4.90 Å². The molecule has 0 aromatic heterocycles. The number of anilines is 1. The molecule has 0 heterocycles. The van der Waals surface area contributed by atoms with Crippen molar-refractivity contribution in [3.63, 3.8) is 0 Å². The maximum absolute atomic E-state index is 5.76. The van der Waals surface area contributed by atoms with E-state index in [9.17, 15) is 0 Å². The number of hydrogen-bond acceptors (Lipinski definition) is 2. The van der Waals surface area contributed by atoms with E-state index in [4.69, 9.17) is 23.8 Å². The number of benzene rings is 1. The van der Waals surface area contributed by atoms with Crippen LogP contribution in [0.5, 0.6) is 0 Å². The Hall–Kier alpha value is -0.510. The second-order valence-electron chi connectivity index (χ2n) is 3.87. The number of rotatable bonds is 4. The van der Waals surface area contributed by atoms with E-state index in [1.807, 2.05) is 18.2 Å². The van der Waals surface area contributed by atoms with Gasteiger partial charge in [0.1, 0.15) is 4.32 Å². The zero-order chi connectivity index (χ0) is 12.8. The fourth-order valence-electron chi connectivity index (χ4n) is 1.41. The van der Waals surface area contributed by atoms with E-state index in [2.05, 4.69) is 37.5 Å². The Morgan fingerprint density at radius 2 is 2.00 bits per heavy atom. The highest BCUT2D eigenvalue weighted by Gasteiger charge is 2.15. The van der Waals surface area contributed by atoms with E-state index >= 15 is 0 Å². The molecule has 0 saturated carbocycles. The van der Waals surface area contributed by atoms with Crippen molar-refractivity contribution >= 4 is 45.6 Å². The highest BCUT2D eigenvalue weighted by Crippen LogP contribution is 2.23. The summed E-state index contributed by atoms with van der Waals surface area (Å²) in [4.78, 5) is 2.12. The van der Waals surface area contributed by atoms with Gasteiger partial charge >= 0.3 is 0 Å². The molecular formula is C13H16ClNS2. The summed E-state index contributed by atoms with van der Waals surface area (Å²) in [5.41, 5.74) is 1.11. The molecule has 0 aliphatic heterocycles. The summed E-state index contributed by atoms with van der Waals surface area (Å²) in [6.45, 7) is 7.91. The first kappa shape index (κ1) is 14.6. The van der Waals surface area contributed by atoms with Crippen molar-refractivity contribution in [2.75, 3.05) is 10.7 Å². The zero-order valence-corrected chi connectivity index (χ0v) is 12.4. The van der Waals surface area contributed by atoms with E-state index in [1.54, 1.807) is 11.8 Å². The summed E-state index contributed by atoms with van der Waals surface area (Å²) in [6.07, 6.45) is 0. The number of halogens is 1. The summed E-state index contributed by atoms with van der Waals surface area (Å²) in [5.74, 6) is 0.649. The number of thiocarbonyl (C=S) groups is 1. The Balaban J connectivity index is 2.80. The number of hydrogen-bond donors (Lipinski definition) is 0. The minimum absolute atomic E-state index is 0.320. The van der Waals surface area contributed by atoms with E-state index in [-0.39, 0.29) is 0 Å². The molecule has 0 saturated heterocycles. The highest BCUT2D eigenvalue weighted by molar-refractivity contribution is 8.23. The Labute approximate surface area is 118 Å². The van der Waals surface area contributed by atoms with Gasteiger partial charge in [-0.1, -0.05) is 60.4 Å². The predicted octanol–water partition coefficient (Wildman–Crippen LogP) is 4.67. The van der Waals surface area contributed by atoms with Crippen LogP contribution in [0.4, 0.5) is 5.69 Å². The maximum atomic E-state index is 5.76. The van der Waals surface area contributed by atoms with Crippen LogP contribution >= 0.6 is 35.6 Å². The predicted molar refractivity (Wildman–Crippen MR) is 84.1 cm³/mol. The second-order valence-corrected chi connectivity index (χ2v) is 6.01. The van der Waals surface area contributed by atoms with E-state index in [0.717, 1.165) is 10.0 Å². The molecule has 1 aromatic rings. The Bertz CT molecular complexity index is 390. The van der Waals surface area contributed by atoms with Gasteiger partial charge in [0.2, 0.25) is 0 Å². The Morgan fingerprint density at radius 1 is 1.41 bits per heavy atom. The largest absolute Gasteiger partial charge is 0.325 e. The minimum Gasteiger partial charge on any atom is -0.325 e. The van der Waals surface area contributed by atoms with E-state index in [1.165, 1.54) is 0 Å². The molecule has 0 unspecified atom stereocenters. The highest BCUT2D eigenvalue weighted by atomic mass is 35.5. The summed E-state index contributed by atoms with van der Waals surface area (Å²) in [7, 11) is 0. The molecule has 0 radical (unpaired) electrons. The van der Waals surface area contributed by atoms with Crippen molar-refractivity contribution in [2.45, 2.75) is 19.9 Å². The standard InChI is InChI=1S/C13H16ClNS2/c1-10(2)15(12-7-5-4-6-8-12)13(16)17-9-11(3)14/h4-8,10H,3,9H2,1-2H3. The topological polar surface area (TPSA) is 3.24 Å². The fraction of sp³-hybridized carbons (Fsp3) is 0.308. The number of para-hydroxylation sites is 1. The van der Waals surface area contributed by atoms with E-state index in [0.29, 0.717) is 16.8 Å². The summed E-state index contributed by atoms with van der Waals surface area (Å²) in [5, 5.41) is 0.620. The lowest BCUT2D eigenvalue weighted by atomic mass is 10.2. The van der Waals surface area contributed by atoms with Crippen LogP contribution in [0.25, 0.3) is 0 Å². The molecule has 1 aromatic carbocycles. The van der Waals surface area contributed by atoms with Crippen molar-refractivity contribution in [1.29, 1.82) is 0 Å². The third-order valence-corrected chi connectivity index (χ3v) is 3.88. The van der Waals surface area contributed by atoms with Gasteiger partial charge in [0.15, 0.2) is 0 Å². The monoisotopic (exact) mass is 285 g/mol. The summed E-state index contributed by atoms with van der Waals surface area (Å²) < 4.78 is 0.827. The van der Waals surface area contributed by atoms with Gasteiger partial charge in [0.05, 0.1) is 0 Å². The SMILES string of the molecule is C=C(Cl)CSC(=S)N(c1ccccc1)C(C)C. The molecule has 0 aliphatic carbocycles. The van der Waals surface area contributed by atoms with Crippen molar-refractivity contribution in [3.8, 4) is 0 Å². The van der Waals surface area contributed by atoms with Crippen molar-refractivity contribution in [3.05, 3.63) is 41.9 Å². The lowest BCUT2D eigenvalue weighted by Gasteiger charge is -2.28. The molecule has 0 aliphatic rings. The molecule has 0 bridgehead atoms. The van der Waals surface area contributed by atoms with E-state index < -0.39 is 0 Å². The summed E-state index contributed by atoms with van der Waals surface area (Å²) >= 11 is 12.7. The molecule has 0 fully saturated rings. The average molecular weight is 286 g/mol. The average Bonchev–Trinajstić information content (AvgIpc) is 2.27. The maximum Gasteiger partial charge on any atom is 0.141 e. The van der Waals surface area contributed by atoms with Gasteiger partial charge in [0, 0.05) is 22.5 Å². The summed E-state index contributed by atoms with van der Waals surface area (Å²) in [6, 6.07) is 10.5. The molecule has 1 nitrogen and oxygen atoms in total. The molecule has 4 heteroatoms. The number of nitrogens with zero attached hydrogens (tertiary/aromatic N) is 1. The molecule has 0 N–H and O–H groups in total. The molecular weight excluding hydrogens is 270 g/mol. The molecule has 92 valence electrons. The van der Waals surface area contributed by atoms with Crippen molar-refractivity contribution in [1.82, 2.24) is 0 Å². The van der Waals surface area contributed by atoms with Crippen LogP contribution in [-0.4, -0.2) is 16.1 Å². The normalized spacial score (nSPS) is 10.4. The lowest BCUT2D eigenvalue weighted by Crippen LogP contribution is -2.34. The van der Waals surface area contributed by atoms with Crippen molar-refractivity contribution in [2.24, 2.45) is 0 Å². The Kier molecular flexibility index (Phi) is 6.03. The van der Waals surface area contributed by atoms with Crippen molar-refractivity contribution < 1.29 is 0 Å². The third kappa shape index (κ3) is 4.70. The second kappa shape index (κ2) is 7.04. The van der Waals surface area contributed by atoms with Gasteiger partial charge in [0.25, 0.3) is 0 Å². The van der Waals surface area contributed by atoms with Crippen LogP contribution in [-0.2, 0) is 0 Å². The molecule has 1 rings (SSSR count). The molecule has 0 amide bonds. The van der Waals surface area contributed by atoms with Gasteiger partial charge in [-0.25, -0.2) is 0 Å². The lowest BCUT2D eigenvalue weighted by molar-refractivity contribution is 0.817. The van der Waals surface area contributed by atoms with Gasteiger partial charge < -0.3 is 4.90 Å². The quantitative estimate of drug-likeness (QED) is 0.740. The smallest absolute Gasteiger partial charge is 0.141 e. The Morgan fingerprint density at radius 3 is 2.47 bits per heavy atom. The van der Waals surface area contributed by atoms with Crippen LogP contribution in [0.1, 0.15) is 13.8 Å². The molecule has 0 atom stereocenters. The zero-order valence-electron chi connectivity index (χ0n) is 10.0. The first-order valence-corrected chi connectivity index (χ1v) is 7.14. The van der Waals surface area contributed by atoms with Gasteiger partial charge in [-0.05, 0) is 26.0 Å². The minimum atomic E-state index is 0.320. The van der Waals surface area contributed by atoms with Crippen LogP contribution in [0, 0.1) is 0 Å². The van der Waals surface area contributed by atoms with Crippen LogP contribution in [0.2, 0.25) is 0 Å². The van der Waals surface area contributed by atoms with Gasteiger partial charge in [-0.3, -0.25) is 0 Å². The molecule has 17 heavy (non-hydrogen) atoms. The van der Waals surface area contributed by atoms with Crippen LogP contribution in [0.3, 0.4) is 0 Å².